The third-order valence-electron chi connectivity index (χ3n) is 2.78. The third kappa shape index (κ3) is 3.85. The number of hydrogen-bond acceptors (Lipinski definition) is 4. The molecular formula is C12H14ClN3O3S2. The number of aryl methyl sites for hydroxylation is 1. The van der Waals surface area contributed by atoms with Gasteiger partial charge < -0.3 is 9.88 Å². The first-order chi connectivity index (χ1) is 9.81. The molecular weight excluding hydrogens is 334 g/mol. The molecule has 0 bridgehead atoms. The summed E-state index contributed by atoms with van der Waals surface area (Å²) in [5.74, 6) is -0.269. The van der Waals surface area contributed by atoms with Crippen molar-refractivity contribution in [1.82, 2.24) is 9.88 Å². The highest BCUT2D eigenvalue weighted by Crippen LogP contribution is 2.20. The van der Waals surface area contributed by atoms with Crippen LogP contribution < -0.4 is 10.5 Å². The molecule has 2 rings (SSSR count). The van der Waals surface area contributed by atoms with Crippen molar-refractivity contribution in [2.24, 2.45) is 5.14 Å². The average molecular weight is 348 g/mol. The Labute approximate surface area is 131 Å². The van der Waals surface area contributed by atoms with Gasteiger partial charge in [0.05, 0.1) is 11.6 Å². The monoisotopic (exact) mass is 347 g/mol. The molecule has 0 fully saturated rings. The Morgan fingerprint density at radius 3 is 2.76 bits per heavy atom. The highest BCUT2D eigenvalue weighted by atomic mass is 35.5. The van der Waals surface area contributed by atoms with E-state index < -0.39 is 10.0 Å². The fourth-order valence-corrected chi connectivity index (χ4v) is 3.73. The van der Waals surface area contributed by atoms with Crippen LogP contribution >= 0.6 is 22.9 Å². The molecule has 0 saturated heterocycles. The first kappa shape index (κ1) is 16.0. The van der Waals surface area contributed by atoms with E-state index >= 15 is 0 Å². The fourth-order valence-electron chi connectivity index (χ4n) is 1.79. The maximum Gasteiger partial charge on any atom is 0.268 e. The predicted molar refractivity (Wildman–Crippen MR) is 82.0 cm³/mol. The summed E-state index contributed by atoms with van der Waals surface area (Å²) in [4.78, 5) is 12.8. The van der Waals surface area contributed by atoms with Crippen molar-refractivity contribution < 1.29 is 13.2 Å². The summed E-state index contributed by atoms with van der Waals surface area (Å²) in [6, 6.07) is 4.63. The quantitative estimate of drug-likeness (QED) is 0.863. The van der Waals surface area contributed by atoms with Gasteiger partial charge in [0, 0.05) is 17.6 Å². The summed E-state index contributed by atoms with van der Waals surface area (Å²) >= 11 is 6.91. The normalized spacial score (nSPS) is 11.6. The number of amides is 1. The SMILES string of the molecule is CCn1cc(Cl)cc1C(=O)NCc1ccc(S(N)(=O)=O)s1. The van der Waals surface area contributed by atoms with Crippen LogP contribution in [0.4, 0.5) is 0 Å². The summed E-state index contributed by atoms with van der Waals surface area (Å²) in [6.45, 7) is 2.76. The summed E-state index contributed by atoms with van der Waals surface area (Å²) in [5, 5.41) is 8.25. The number of carbonyl (C=O) groups excluding carboxylic acids is 1. The molecule has 0 aliphatic carbocycles. The van der Waals surface area contributed by atoms with Gasteiger partial charge in [0.15, 0.2) is 0 Å². The molecule has 9 heteroatoms. The van der Waals surface area contributed by atoms with Crippen LogP contribution in [0.3, 0.4) is 0 Å². The molecule has 114 valence electrons. The lowest BCUT2D eigenvalue weighted by molar-refractivity contribution is 0.0942. The Hall–Kier alpha value is -1.35. The molecule has 21 heavy (non-hydrogen) atoms. The van der Waals surface area contributed by atoms with E-state index in [4.69, 9.17) is 16.7 Å². The molecule has 0 saturated carbocycles. The lowest BCUT2D eigenvalue weighted by Gasteiger charge is -2.06. The Morgan fingerprint density at radius 2 is 2.19 bits per heavy atom. The molecule has 0 aliphatic heterocycles. The lowest BCUT2D eigenvalue weighted by atomic mass is 10.3. The van der Waals surface area contributed by atoms with Gasteiger partial charge in [-0.2, -0.15) is 0 Å². The zero-order valence-electron chi connectivity index (χ0n) is 11.2. The van der Waals surface area contributed by atoms with Crippen molar-refractivity contribution >= 4 is 38.9 Å². The van der Waals surface area contributed by atoms with Crippen molar-refractivity contribution in [3.63, 3.8) is 0 Å². The van der Waals surface area contributed by atoms with E-state index in [0.29, 0.717) is 22.1 Å². The molecule has 6 nitrogen and oxygen atoms in total. The van der Waals surface area contributed by atoms with Crippen LogP contribution in [-0.4, -0.2) is 18.9 Å². The maximum absolute atomic E-state index is 12.1. The van der Waals surface area contributed by atoms with Gasteiger partial charge >= 0.3 is 0 Å². The molecule has 3 N–H and O–H groups in total. The number of halogens is 1. The van der Waals surface area contributed by atoms with Crippen LogP contribution in [0.25, 0.3) is 0 Å². The third-order valence-corrected chi connectivity index (χ3v) is 5.51. The molecule has 0 aliphatic rings. The van der Waals surface area contributed by atoms with E-state index in [2.05, 4.69) is 5.32 Å². The first-order valence-electron chi connectivity index (χ1n) is 6.06. The number of carbonyl (C=O) groups is 1. The van der Waals surface area contributed by atoms with Crippen molar-refractivity contribution in [3.05, 3.63) is 40.0 Å². The number of primary sulfonamides is 1. The molecule has 0 radical (unpaired) electrons. The van der Waals surface area contributed by atoms with Crippen molar-refractivity contribution in [2.45, 2.75) is 24.2 Å². The maximum atomic E-state index is 12.1. The van der Waals surface area contributed by atoms with Crippen LogP contribution in [0.1, 0.15) is 22.3 Å². The van der Waals surface area contributed by atoms with Gasteiger partial charge in [-0.3, -0.25) is 4.79 Å². The van der Waals surface area contributed by atoms with Crippen LogP contribution in [0.5, 0.6) is 0 Å². The Kier molecular flexibility index (Phi) is 4.72. The van der Waals surface area contributed by atoms with Gasteiger partial charge in [0.2, 0.25) is 10.0 Å². The minimum Gasteiger partial charge on any atom is -0.346 e. The highest BCUT2D eigenvalue weighted by molar-refractivity contribution is 7.91. The first-order valence-corrected chi connectivity index (χ1v) is 8.80. The molecule has 0 aromatic carbocycles. The van der Waals surface area contributed by atoms with E-state index in [1.807, 2.05) is 6.92 Å². The highest BCUT2D eigenvalue weighted by Gasteiger charge is 2.14. The van der Waals surface area contributed by atoms with Crippen molar-refractivity contribution in [3.8, 4) is 0 Å². The standard InChI is InChI=1S/C12H14ClN3O3S2/c1-2-16-7-8(13)5-10(16)12(17)15-6-9-3-4-11(20-9)21(14,18)19/h3-5,7H,2,6H2,1H3,(H,15,17)(H2,14,18,19). The van der Waals surface area contributed by atoms with E-state index in [1.165, 1.54) is 6.07 Å². The summed E-state index contributed by atoms with van der Waals surface area (Å²) in [6.07, 6.45) is 1.68. The van der Waals surface area contributed by atoms with Gasteiger partial charge in [0.25, 0.3) is 5.91 Å². The second-order valence-corrected chi connectivity index (χ2v) is 7.67. The van der Waals surface area contributed by atoms with Crippen LogP contribution in [-0.2, 0) is 23.1 Å². The number of sulfonamides is 1. The number of aromatic nitrogens is 1. The molecule has 2 aromatic rings. The number of nitrogens with two attached hydrogens (primary N) is 1. The second-order valence-electron chi connectivity index (χ2n) is 4.28. The second kappa shape index (κ2) is 6.18. The molecule has 2 heterocycles. The van der Waals surface area contributed by atoms with E-state index in [1.54, 1.807) is 22.9 Å². The van der Waals surface area contributed by atoms with Crippen molar-refractivity contribution in [2.75, 3.05) is 0 Å². The van der Waals surface area contributed by atoms with Gasteiger partial charge in [-0.1, -0.05) is 11.6 Å². The Balaban J connectivity index is 2.06. The topological polar surface area (TPSA) is 94.2 Å². The molecule has 0 unspecified atom stereocenters. The summed E-state index contributed by atoms with van der Waals surface area (Å²) in [7, 11) is -3.70. The summed E-state index contributed by atoms with van der Waals surface area (Å²) < 4.78 is 24.2. The number of hydrogen-bond donors (Lipinski definition) is 2. The lowest BCUT2D eigenvalue weighted by Crippen LogP contribution is -2.24. The zero-order chi connectivity index (χ0) is 15.6. The molecule has 1 amide bonds. The average Bonchev–Trinajstić information content (AvgIpc) is 3.01. The van der Waals surface area contributed by atoms with Gasteiger partial charge in [-0.15, -0.1) is 11.3 Å². The van der Waals surface area contributed by atoms with Gasteiger partial charge in [0.1, 0.15) is 9.90 Å². The number of nitrogens with zero attached hydrogens (tertiary/aromatic N) is 1. The number of rotatable bonds is 5. The van der Waals surface area contributed by atoms with Crippen LogP contribution in [0, 0.1) is 0 Å². The van der Waals surface area contributed by atoms with Crippen LogP contribution in [0.2, 0.25) is 5.02 Å². The van der Waals surface area contributed by atoms with E-state index in [0.717, 1.165) is 11.3 Å². The Morgan fingerprint density at radius 1 is 1.48 bits per heavy atom. The minimum absolute atomic E-state index is 0.0757. The largest absolute Gasteiger partial charge is 0.346 e. The predicted octanol–water partition coefficient (Wildman–Crippen LogP) is 1.80. The van der Waals surface area contributed by atoms with Gasteiger partial charge in [-0.25, -0.2) is 13.6 Å². The number of thiophene rings is 1. The number of nitrogens with one attached hydrogen (secondary N) is 1. The minimum atomic E-state index is -3.70. The fraction of sp³-hybridized carbons (Fsp3) is 0.250. The molecule has 0 atom stereocenters. The molecule has 0 spiro atoms. The Bertz CT molecular complexity index is 765. The van der Waals surface area contributed by atoms with Gasteiger partial charge in [-0.05, 0) is 25.1 Å². The van der Waals surface area contributed by atoms with E-state index in [-0.39, 0.29) is 16.7 Å². The van der Waals surface area contributed by atoms with Crippen molar-refractivity contribution in [1.29, 1.82) is 0 Å². The van der Waals surface area contributed by atoms with E-state index in [9.17, 15) is 13.2 Å². The molecule has 2 aromatic heterocycles. The van der Waals surface area contributed by atoms with Crippen LogP contribution in [0.15, 0.2) is 28.6 Å². The summed E-state index contributed by atoms with van der Waals surface area (Å²) in [5.41, 5.74) is 0.464. The smallest absolute Gasteiger partial charge is 0.268 e. The zero-order valence-corrected chi connectivity index (χ0v) is 13.6.